The topological polar surface area (TPSA) is 67.9 Å². The Morgan fingerprint density at radius 2 is 1.69 bits per heavy atom. The van der Waals surface area contributed by atoms with Crippen LogP contribution in [-0.2, 0) is 19.1 Å². The van der Waals surface area contributed by atoms with Gasteiger partial charge in [-0.3, -0.25) is 4.90 Å². The number of rotatable bonds is 1. The predicted octanol–water partition coefficient (Wildman–Crippen LogP) is 1.81. The van der Waals surface area contributed by atoms with Crippen LogP contribution in [-0.4, -0.2) is 37.5 Å². The van der Waals surface area contributed by atoms with E-state index in [0.717, 1.165) is 35.2 Å². The average molecular weight is 350 g/mol. The smallest absolute Gasteiger partial charge is 0.347 e. The molecule has 132 valence electrons. The molecule has 0 amide bonds. The molecule has 1 N–H and O–H groups in total. The van der Waals surface area contributed by atoms with Gasteiger partial charge < -0.3 is 14.8 Å². The van der Waals surface area contributed by atoms with Gasteiger partial charge in [-0.2, -0.15) is 0 Å². The number of carbonyl (C=O) groups excluding carboxylic acids is 2. The van der Waals surface area contributed by atoms with E-state index in [1.54, 1.807) is 0 Å². The Labute approximate surface area is 150 Å². The zero-order valence-electron chi connectivity index (χ0n) is 14.1. The van der Waals surface area contributed by atoms with Gasteiger partial charge in [0, 0.05) is 43.1 Å². The predicted molar refractivity (Wildman–Crippen MR) is 95.2 cm³/mol. The molecule has 1 spiro atoms. The maximum atomic E-state index is 12.2. The lowest BCUT2D eigenvalue weighted by Gasteiger charge is -2.39. The van der Waals surface area contributed by atoms with Crippen molar-refractivity contribution in [3.63, 3.8) is 0 Å². The van der Waals surface area contributed by atoms with Gasteiger partial charge in [-0.1, -0.05) is 36.4 Å². The van der Waals surface area contributed by atoms with Crippen molar-refractivity contribution < 1.29 is 19.1 Å². The Morgan fingerprint density at radius 3 is 2.50 bits per heavy atom. The van der Waals surface area contributed by atoms with Gasteiger partial charge in [-0.15, -0.1) is 0 Å². The molecule has 0 aliphatic carbocycles. The number of esters is 2. The van der Waals surface area contributed by atoms with E-state index in [2.05, 4.69) is 5.32 Å². The van der Waals surface area contributed by atoms with Gasteiger partial charge in [0.1, 0.15) is 0 Å². The number of hydrogen-bond acceptors (Lipinski definition) is 6. The summed E-state index contributed by atoms with van der Waals surface area (Å²) >= 11 is 0. The van der Waals surface area contributed by atoms with Crippen molar-refractivity contribution in [1.29, 1.82) is 0 Å². The molecule has 3 heterocycles. The first kappa shape index (κ1) is 15.4. The SMILES string of the molecule is O=C1C=CC(=O)OC2(O1)C1CNCC1CN2c1cccc2ccccc12. The summed E-state index contributed by atoms with van der Waals surface area (Å²) < 4.78 is 11.6. The second-order valence-corrected chi connectivity index (χ2v) is 6.94. The number of fused-ring (bicyclic) bond motifs is 3. The van der Waals surface area contributed by atoms with Crippen molar-refractivity contribution in [2.45, 2.75) is 5.91 Å². The van der Waals surface area contributed by atoms with Crippen molar-refractivity contribution >= 4 is 28.4 Å². The zero-order valence-corrected chi connectivity index (χ0v) is 14.1. The molecular formula is C20H18N2O4. The fraction of sp³-hybridized carbons (Fsp3) is 0.300. The van der Waals surface area contributed by atoms with E-state index in [-0.39, 0.29) is 11.8 Å². The fourth-order valence-electron chi connectivity index (χ4n) is 4.40. The molecule has 3 aliphatic rings. The number of nitrogens with one attached hydrogen (secondary N) is 1. The standard InChI is InChI=1S/C20H18N2O4/c23-18-8-9-19(24)26-20(25-18)16-11-21-10-14(16)12-22(20)17-7-3-5-13-4-1-2-6-15(13)17/h1-9,14,16,21H,10-12H2. The van der Waals surface area contributed by atoms with Crippen molar-refractivity contribution in [2.24, 2.45) is 11.8 Å². The minimum Gasteiger partial charge on any atom is -0.400 e. The van der Waals surface area contributed by atoms with Crippen LogP contribution in [0.2, 0.25) is 0 Å². The normalized spacial score (nSPS) is 26.7. The van der Waals surface area contributed by atoms with Crippen LogP contribution in [0.25, 0.3) is 10.8 Å². The summed E-state index contributed by atoms with van der Waals surface area (Å²) in [5, 5.41) is 5.44. The lowest BCUT2D eigenvalue weighted by molar-refractivity contribution is -0.230. The number of benzene rings is 2. The summed E-state index contributed by atoms with van der Waals surface area (Å²) in [5.41, 5.74) is 0.903. The third-order valence-corrected chi connectivity index (χ3v) is 5.51. The Bertz CT molecular complexity index is 913. The molecule has 0 radical (unpaired) electrons. The molecule has 0 saturated carbocycles. The fourth-order valence-corrected chi connectivity index (χ4v) is 4.40. The van der Waals surface area contributed by atoms with Crippen LogP contribution in [0.1, 0.15) is 0 Å². The van der Waals surface area contributed by atoms with Crippen LogP contribution in [0.4, 0.5) is 5.69 Å². The molecule has 26 heavy (non-hydrogen) atoms. The summed E-state index contributed by atoms with van der Waals surface area (Å²) in [6.07, 6.45) is 2.27. The number of hydrogen-bond donors (Lipinski definition) is 1. The van der Waals surface area contributed by atoms with Crippen molar-refractivity contribution in [2.75, 3.05) is 24.5 Å². The molecule has 0 aromatic heterocycles. The zero-order chi connectivity index (χ0) is 17.7. The summed E-state index contributed by atoms with van der Waals surface area (Å²) in [6, 6.07) is 14.0. The largest absolute Gasteiger partial charge is 0.400 e. The summed E-state index contributed by atoms with van der Waals surface area (Å²) in [5.74, 6) is -2.43. The second-order valence-electron chi connectivity index (χ2n) is 6.94. The van der Waals surface area contributed by atoms with Crippen LogP contribution in [0.5, 0.6) is 0 Å². The van der Waals surface area contributed by atoms with E-state index < -0.39 is 17.8 Å². The van der Waals surface area contributed by atoms with Crippen molar-refractivity contribution in [1.82, 2.24) is 5.32 Å². The minimum absolute atomic E-state index is 0.116. The van der Waals surface area contributed by atoms with Gasteiger partial charge in [0.25, 0.3) is 0 Å². The van der Waals surface area contributed by atoms with E-state index >= 15 is 0 Å². The van der Waals surface area contributed by atoms with Gasteiger partial charge in [0.05, 0.1) is 11.6 Å². The molecule has 2 atom stereocenters. The minimum atomic E-state index is -1.42. The molecule has 2 aromatic carbocycles. The lowest BCUT2D eigenvalue weighted by atomic mass is 9.97. The van der Waals surface area contributed by atoms with E-state index in [9.17, 15) is 9.59 Å². The number of carbonyl (C=O) groups is 2. The molecule has 6 nitrogen and oxygen atoms in total. The van der Waals surface area contributed by atoms with Gasteiger partial charge in [0.15, 0.2) is 0 Å². The van der Waals surface area contributed by atoms with Crippen LogP contribution in [0, 0.1) is 11.8 Å². The third kappa shape index (κ3) is 2.15. The maximum Gasteiger partial charge on any atom is 0.347 e. The molecule has 5 rings (SSSR count). The summed E-state index contributed by atoms with van der Waals surface area (Å²) in [7, 11) is 0. The second kappa shape index (κ2) is 5.57. The van der Waals surface area contributed by atoms with Crippen LogP contribution >= 0.6 is 0 Å². The van der Waals surface area contributed by atoms with Gasteiger partial charge >= 0.3 is 17.8 Å². The highest BCUT2D eigenvalue weighted by Gasteiger charge is 2.62. The third-order valence-electron chi connectivity index (χ3n) is 5.51. The van der Waals surface area contributed by atoms with Crippen molar-refractivity contribution in [3.05, 3.63) is 54.6 Å². The Kier molecular flexibility index (Phi) is 3.30. The number of anilines is 1. The molecule has 2 unspecified atom stereocenters. The summed E-state index contributed by atoms with van der Waals surface area (Å²) in [6.45, 7) is 2.08. The summed E-state index contributed by atoms with van der Waals surface area (Å²) in [4.78, 5) is 26.4. The van der Waals surface area contributed by atoms with Gasteiger partial charge in [-0.25, -0.2) is 9.59 Å². The Morgan fingerprint density at radius 1 is 0.962 bits per heavy atom. The molecule has 2 saturated heterocycles. The van der Waals surface area contributed by atoms with Crippen LogP contribution in [0.15, 0.2) is 54.6 Å². The highest BCUT2D eigenvalue weighted by atomic mass is 16.8. The molecule has 0 bridgehead atoms. The Balaban J connectivity index is 1.69. The van der Waals surface area contributed by atoms with E-state index in [4.69, 9.17) is 9.47 Å². The van der Waals surface area contributed by atoms with Gasteiger partial charge in [-0.05, 0) is 11.5 Å². The molecule has 6 heteroatoms. The maximum absolute atomic E-state index is 12.2. The molecular weight excluding hydrogens is 332 g/mol. The molecule has 3 aliphatic heterocycles. The highest BCUT2D eigenvalue weighted by molar-refractivity contribution is 5.96. The number of nitrogens with zero attached hydrogens (tertiary/aromatic N) is 1. The van der Waals surface area contributed by atoms with Crippen molar-refractivity contribution in [3.8, 4) is 0 Å². The average Bonchev–Trinajstić information content (AvgIpc) is 3.17. The van der Waals surface area contributed by atoms with Crippen LogP contribution in [0.3, 0.4) is 0 Å². The Hall–Kier alpha value is -2.86. The first-order chi connectivity index (χ1) is 12.7. The number of ether oxygens (including phenoxy) is 2. The van der Waals surface area contributed by atoms with Crippen LogP contribution < -0.4 is 10.2 Å². The molecule has 2 aromatic rings. The van der Waals surface area contributed by atoms with E-state index in [0.29, 0.717) is 13.1 Å². The first-order valence-corrected chi connectivity index (χ1v) is 8.77. The van der Waals surface area contributed by atoms with E-state index in [1.165, 1.54) is 0 Å². The quantitative estimate of drug-likeness (QED) is 0.791. The molecule has 2 fully saturated rings. The van der Waals surface area contributed by atoms with Gasteiger partial charge in [0.2, 0.25) is 0 Å². The highest BCUT2D eigenvalue weighted by Crippen LogP contribution is 2.47. The monoisotopic (exact) mass is 350 g/mol. The lowest BCUT2D eigenvalue weighted by Crippen LogP contribution is -2.55. The first-order valence-electron chi connectivity index (χ1n) is 8.77. The van der Waals surface area contributed by atoms with E-state index in [1.807, 2.05) is 47.4 Å².